The Morgan fingerprint density at radius 1 is 1.19 bits per heavy atom. The minimum absolute atomic E-state index is 0.0486. The molecule has 6 nitrogen and oxygen atoms in total. The van der Waals surface area contributed by atoms with E-state index < -0.39 is 24.3 Å². The molecule has 2 aromatic carbocycles. The van der Waals surface area contributed by atoms with Crippen LogP contribution in [0.1, 0.15) is 5.01 Å². The van der Waals surface area contributed by atoms with Gasteiger partial charge in [-0.1, -0.05) is 23.7 Å². The molecule has 0 aliphatic heterocycles. The summed E-state index contributed by atoms with van der Waals surface area (Å²) in [5, 5.41) is 3.24. The van der Waals surface area contributed by atoms with Crippen LogP contribution < -0.4 is 5.32 Å². The maximum atomic E-state index is 13.6. The summed E-state index contributed by atoms with van der Waals surface area (Å²) in [6, 6.07) is 11.5. The van der Waals surface area contributed by atoms with Crippen LogP contribution in [0.15, 0.2) is 42.5 Å². The van der Waals surface area contributed by atoms with Crippen molar-refractivity contribution in [2.24, 2.45) is 0 Å². The van der Waals surface area contributed by atoms with Gasteiger partial charge in [0.2, 0.25) is 0 Å². The predicted molar refractivity (Wildman–Crippen MR) is 100 cm³/mol. The van der Waals surface area contributed by atoms with Crippen LogP contribution in [0, 0.1) is 5.82 Å². The first-order valence-corrected chi connectivity index (χ1v) is 9.03. The summed E-state index contributed by atoms with van der Waals surface area (Å²) in [6.07, 6.45) is 0. The fraction of sp³-hybridized carbons (Fsp3) is 0.167. The Morgan fingerprint density at radius 3 is 2.78 bits per heavy atom. The van der Waals surface area contributed by atoms with Gasteiger partial charge >= 0.3 is 5.97 Å². The summed E-state index contributed by atoms with van der Waals surface area (Å²) < 4.78 is 24.7. The maximum absolute atomic E-state index is 13.6. The highest BCUT2D eigenvalue weighted by Crippen LogP contribution is 2.22. The topological polar surface area (TPSA) is 77.5 Å². The number of nitrogens with one attached hydrogen (secondary N) is 1. The van der Waals surface area contributed by atoms with E-state index in [4.69, 9.17) is 21.1 Å². The van der Waals surface area contributed by atoms with E-state index in [9.17, 15) is 14.0 Å². The van der Waals surface area contributed by atoms with Crippen LogP contribution in [0.3, 0.4) is 0 Å². The molecule has 9 heteroatoms. The first kappa shape index (κ1) is 19.2. The Hall–Kier alpha value is -2.55. The molecule has 0 spiro atoms. The summed E-state index contributed by atoms with van der Waals surface area (Å²) in [5.41, 5.74) is 0.822. The molecular weight excluding hydrogens is 395 g/mol. The van der Waals surface area contributed by atoms with E-state index in [1.54, 1.807) is 0 Å². The Balaban J connectivity index is 1.39. The second-order valence-electron chi connectivity index (χ2n) is 5.40. The number of rotatable bonds is 7. The molecule has 140 valence electrons. The van der Waals surface area contributed by atoms with Crippen LogP contribution in [0.25, 0.3) is 10.2 Å². The van der Waals surface area contributed by atoms with E-state index in [0.717, 1.165) is 21.3 Å². The Bertz CT molecular complexity index is 946. The van der Waals surface area contributed by atoms with E-state index in [-0.39, 0.29) is 23.9 Å². The van der Waals surface area contributed by atoms with E-state index in [0.29, 0.717) is 0 Å². The SMILES string of the molecule is O=C(COC(=O)COCc1nc2ccccc2s1)Nc1ccc(Cl)cc1F. The zero-order chi connectivity index (χ0) is 19.2. The monoisotopic (exact) mass is 408 g/mol. The zero-order valence-corrected chi connectivity index (χ0v) is 15.5. The third-order valence-electron chi connectivity index (χ3n) is 3.35. The van der Waals surface area contributed by atoms with Gasteiger partial charge in [0.25, 0.3) is 5.91 Å². The lowest BCUT2D eigenvalue weighted by molar-refractivity contribution is -0.152. The van der Waals surface area contributed by atoms with Crippen molar-refractivity contribution in [1.29, 1.82) is 0 Å². The zero-order valence-electron chi connectivity index (χ0n) is 13.9. The highest BCUT2D eigenvalue weighted by Gasteiger charge is 2.11. The van der Waals surface area contributed by atoms with Crippen LogP contribution >= 0.6 is 22.9 Å². The number of anilines is 1. The number of fused-ring (bicyclic) bond motifs is 1. The fourth-order valence-electron chi connectivity index (χ4n) is 2.17. The molecule has 1 N–H and O–H groups in total. The number of amides is 1. The van der Waals surface area contributed by atoms with Gasteiger partial charge in [-0.25, -0.2) is 14.2 Å². The molecule has 0 saturated heterocycles. The fourth-order valence-corrected chi connectivity index (χ4v) is 3.23. The number of nitrogens with zero attached hydrogens (tertiary/aromatic N) is 1. The number of carbonyl (C=O) groups is 2. The van der Waals surface area contributed by atoms with Crippen LogP contribution in [-0.2, 0) is 25.7 Å². The van der Waals surface area contributed by atoms with E-state index >= 15 is 0 Å². The van der Waals surface area contributed by atoms with E-state index in [2.05, 4.69) is 10.3 Å². The minimum atomic E-state index is -0.706. The molecule has 0 aliphatic rings. The number of halogens is 2. The maximum Gasteiger partial charge on any atom is 0.332 e. The summed E-state index contributed by atoms with van der Waals surface area (Å²) in [6.45, 7) is -0.708. The lowest BCUT2D eigenvalue weighted by Gasteiger charge is -2.07. The molecule has 0 bridgehead atoms. The largest absolute Gasteiger partial charge is 0.454 e. The molecule has 0 aliphatic carbocycles. The van der Waals surface area contributed by atoms with E-state index in [1.165, 1.54) is 23.5 Å². The number of esters is 1. The molecule has 0 unspecified atom stereocenters. The van der Waals surface area contributed by atoms with Crippen LogP contribution in [0.2, 0.25) is 5.02 Å². The van der Waals surface area contributed by atoms with Crippen molar-refractivity contribution in [2.75, 3.05) is 18.5 Å². The number of para-hydroxylation sites is 1. The van der Waals surface area contributed by atoms with Gasteiger partial charge < -0.3 is 14.8 Å². The highest BCUT2D eigenvalue weighted by molar-refractivity contribution is 7.18. The number of carbonyl (C=O) groups excluding carboxylic acids is 2. The molecule has 3 rings (SSSR count). The first-order valence-electron chi connectivity index (χ1n) is 7.84. The van der Waals surface area contributed by atoms with Crippen molar-refractivity contribution in [2.45, 2.75) is 6.61 Å². The number of aromatic nitrogens is 1. The second-order valence-corrected chi connectivity index (χ2v) is 6.95. The molecule has 1 aromatic heterocycles. The van der Waals surface area contributed by atoms with Crippen molar-refractivity contribution in [3.8, 4) is 0 Å². The molecular formula is C18H14ClFN2O4S. The smallest absolute Gasteiger partial charge is 0.332 e. The number of hydrogen-bond donors (Lipinski definition) is 1. The molecule has 0 radical (unpaired) electrons. The molecule has 27 heavy (non-hydrogen) atoms. The molecule has 1 amide bonds. The van der Waals surface area contributed by atoms with Crippen LogP contribution in [0.5, 0.6) is 0 Å². The predicted octanol–water partition coefficient (Wildman–Crippen LogP) is 3.79. The van der Waals surface area contributed by atoms with Crippen molar-refractivity contribution in [3.63, 3.8) is 0 Å². The minimum Gasteiger partial charge on any atom is -0.454 e. The van der Waals surface area contributed by atoms with Gasteiger partial charge in [0, 0.05) is 5.02 Å². The number of ether oxygens (including phenoxy) is 2. The number of hydrogen-bond acceptors (Lipinski definition) is 6. The van der Waals surface area contributed by atoms with Crippen molar-refractivity contribution < 1.29 is 23.5 Å². The highest BCUT2D eigenvalue weighted by atomic mass is 35.5. The van der Waals surface area contributed by atoms with Gasteiger partial charge in [0.05, 0.1) is 22.5 Å². The quantitative estimate of drug-likeness (QED) is 0.602. The van der Waals surface area contributed by atoms with Crippen molar-refractivity contribution in [1.82, 2.24) is 4.98 Å². The Kier molecular flexibility index (Phi) is 6.33. The van der Waals surface area contributed by atoms with Crippen LogP contribution in [0.4, 0.5) is 10.1 Å². The average molecular weight is 409 g/mol. The standard InChI is InChI=1S/C18H14ClFN2O4S/c19-11-5-6-13(12(20)7-11)21-16(23)8-26-18(24)10-25-9-17-22-14-3-1-2-4-15(14)27-17/h1-7H,8-10H2,(H,21,23). The van der Waals surface area contributed by atoms with Gasteiger partial charge in [-0.2, -0.15) is 0 Å². The van der Waals surface area contributed by atoms with Crippen LogP contribution in [-0.4, -0.2) is 30.1 Å². The van der Waals surface area contributed by atoms with Gasteiger partial charge in [-0.15, -0.1) is 11.3 Å². The van der Waals surface area contributed by atoms with Crippen molar-refractivity contribution >= 4 is 50.7 Å². The van der Waals surface area contributed by atoms with Gasteiger partial charge in [0.1, 0.15) is 17.4 Å². The molecule has 3 aromatic rings. The van der Waals surface area contributed by atoms with Crippen molar-refractivity contribution in [3.05, 3.63) is 58.3 Å². The molecule has 0 fully saturated rings. The van der Waals surface area contributed by atoms with Gasteiger partial charge in [-0.05, 0) is 30.3 Å². The third kappa shape index (κ3) is 5.46. The first-order chi connectivity index (χ1) is 13.0. The third-order valence-corrected chi connectivity index (χ3v) is 4.60. The normalized spacial score (nSPS) is 10.7. The Morgan fingerprint density at radius 2 is 2.00 bits per heavy atom. The average Bonchev–Trinajstić information content (AvgIpc) is 3.05. The summed E-state index contributed by atoms with van der Waals surface area (Å²) in [4.78, 5) is 27.7. The number of thiazole rings is 1. The summed E-state index contributed by atoms with van der Waals surface area (Å²) in [5.74, 6) is -2.06. The van der Waals surface area contributed by atoms with E-state index in [1.807, 2.05) is 24.3 Å². The van der Waals surface area contributed by atoms with Gasteiger partial charge in [-0.3, -0.25) is 4.79 Å². The lowest BCUT2D eigenvalue weighted by Crippen LogP contribution is -2.23. The molecule has 0 atom stereocenters. The summed E-state index contributed by atoms with van der Waals surface area (Å²) in [7, 11) is 0. The van der Waals surface area contributed by atoms with Gasteiger partial charge in [0.15, 0.2) is 6.61 Å². The number of benzene rings is 2. The molecule has 0 saturated carbocycles. The molecule has 1 heterocycles. The summed E-state index contributed by atoms with van der Waals surface area (Å²) >= 11 is 7.11. The lowest BCUT2D eigenvalue weighted by atomic mass is 10.3. The second kappa shape index (κ2) is 8.90. The Labute approximate surface area is 162 Å².